The predicted molar refractivity (Wildman–Crippen MR) is 79.6 cm³/mol. The van der Waals surface area contributed by atoms with Gasteiger partial charge in [0.2, 0.25) is 10.0 Å². The van der Waals surface area contributed by atoms with E-state index in [1.165, 1.54) is 6.07 Å². The number of nitrogens with one attached hydrogen (secondary N) is 1. The van der Waals surface area contributed by atoms with Crippen LogP contribution in [0.2, 0.25) is 0 Å². The Bertz CT molecular complexity index is 513. The molecule has 0 spiro atoms. The van der Waals surface area contributed by atoms with E-state index in [-0.39, 0.29) is 4.90 Å². The number of rotatable bonds is 6. The Hall–Kier alpha value is -1.07. The van der Waals surface area contributed by atoms with Gasteiger partial charge in [-0.05, 0) is 55.9 Å². The van der Waals surface area contributed by atoms with Crippen LogP contribution in [0.25, 0.3) is 0 Å². The minimum Gasteiger partial charge on any atom is -0.398 e. The summed E-state index contributed by atoms with van der Waals surface area (Å²) < 4.78 is 26.9. The molecule has 0 saturated heterocycles. The van der Waals surface area contributed by atoms with E-state index < -0.39 is 10.0 Å². The Labute approximate surface area is 116 Å². The molecular weight excluding hydrogens is 260 g/mol. The van der Waals surface area contributed by atoms with Gasteiger partial charge < -0.3 is 5.73 Å². The summed E-state index contributed by atoms with van der Waals surface area (Å²) >= 11 is 0. The van der Waals surface area contributed by atoms with Crippen LogP contribution in [-0.2, 0) is 10.0 Å². The summed E-state index contributed by atoms with van der Waals surface area (Å²) in [5, 5.41) is 0. The number of hydrogen-bond donors (Lipinski definition) is 2. The summed E-state index contributed by atoms with van der Waals surface area (Å²) in [6, 6.07) is 3.18. The number of nitrogens with two attached hydrogens (primary N) is 1. The SMILES string of the molecule is Cc1cc(S(=O)(=O)NCCCC(C)C)cc(N)c1C. The van der Waals surface area contributed by atoms with Gasteiger partial charge in [-0.2, -0.15) is 0 Å². The Morgan fingerprint density at radius 2 is 1.89 bits per heavy atom. The van der Waals surface area contributed by atoms with Gasteiger partial charge in [-0.3, -0.25) is 0 Å². The van der Waals surface area contributed by atoms with Crippen LogP contribution in [0.4, 0.5) is 5.69 Å². The molecule has 0 aromatic heterocycles. The molecule has 0 saturated carbocycles. The first-order valence-electron chi connectivity index (χ1n) is 6.60. The van der Waals surface area contributed by atoms with Crippen molar-refractivity contribution in [1.82, 2.24) is 4.72 Å². The van der Waals surface area contributed by atoms with Crippen LogP contribution in [-0.4, -0.2) is 15.0 Å². The van der Waals surface area contributed by atoms with Crippen molar-refractivity contribution < 1.29 is 8.42 Å². The molecule has 1 aromatic rings. The van der Waals surface area contributed by atoms with Crippen molar-refractivity contribution >= 4 is 15.7 Å². The summed E-state index contributed by atoms with van der Waals surface area (Å²) in [4.78, 5) is 0.248. The third-order valence-electron chi connectivity index (χ3n) is 3.24. The maximum atomic E-state index is 12.1. The van der Waals surface area contributed by atoms with Gasteiger partial charge in [-0.1, -0.05) is 13.8 Å². The Morgan fingerprint density at radius 3 is 2.42 bits per heavy atom. The van der Waals surface area contributed by atoms with Crippen molar-refractivity contribution in [3.63, 3.8) is 0 Å². The highest BCUT2D eigenvalue weighted by molar-refractivity contribution is 7.89. The van der Waals surface area contributed by atoms with Gasteiger partial charge in [0.25, 0.3) is 0 Å². The Morgan fingerprint density at radius 1 is 1.26 bits per heavy atom. The maximum Gasteiger partial charge on any atom is 0.240 e. The smallest absolute Gasteiger partial charge is 0.240 e. The normalized spacial score (nSPS) is 12.1. The van der Waals surface area contributed by atoms with Crippen molar-refractivity contribution in [2.24, 2.45) is 5.92 Å². The van der Waals surface area contributed by atoms with Crippen LogP contribution in [0.3, 0.4) is 0 Å². The first-order valence-corrected chi connectivity index (χ1v) is 8.08. The van der Waals surface area contributed by atoms with Crippen LogP contribution in [0.15, 0.2) is 17.0 Å². The average molecular weight is 284 g/mol. The number of nitrogen functional groups attached to an aromatic ring is 1. The summed E-state index contributed by atoms with van der Waals surface area (Å²) in [6.45, 7) is 8.46. The van der Waals surface area contributed by atoms with E-state index in [4.69, 9.17) is 5.73 Å². The molecule has 1 aromatic carbocycles. The van der Waals surface area contributed by atoms with Crippen molar-refractivity contribution in [2.75, 3.05) is 12.3 Å². The molecule has 1 rings (SSSR count). The second-order valence-electron chi connectivity index (χ2n) is 5.39. The third-order valence-corrected chi connectivity index (χ3v) is 4.68. The molecule has 0 unspecified atom stereocenters. The van der Waals surface area contributed by atoms with E-state index in [0.717, 1.165) is 24.0 Å². The van der Waals surface area contributed by atoms with E-state index in [1.807, 2.05) is 13.8 Å². The van der Waals surface area contributed by atoms with E-state index >= 15 is 0 Å². The molecule has 0 aliphatic rings. The number of benzene rings is 1. The van der Waals surface area contributed by atoms with Crippen molar-refractivity contribution in [2.45, 2.75) is 45.4 Å². The Balaban J connectivity index is 2.78. The van der Waals surface area contributed by atoms with Gasteiger partial charge in [0.15, 0.2) is 0 Å². The number of aryl methyl sites for hydroxylation is 1. The molecule has 0 radical (unpaired) electrons. The zero-order valence-corrected chi connectivity index (χ0v) is 13.0. The lowest BCUT2D eigenvalue weighted by Gasteiger charge is -2.11. The quantitative estimate of drug-likeness (QED) is 0.623. The van der Waals surface area contributed by atoms with Gasteiger partial charge in [0, 0.05) is 12.2 Å². The van der Waals surface area contributed by atoms with Gasteiger partial charge in [-0.25, -0.2) is 13.1 Å². The highest BCUT2D eigenvalue weighted by Gasteiger charge is 2.15. The number of hydrogen-bond acceptors (Lipinski definition) is 3. The topological polar surface area (TPSA) is 72.2 Å². The summed E-state index contributed by atoms with van der Waals surface area (Å²) in [5.74, 6) is 0.585. The first kappa shape index (κ1) is 16.0. The van der Waals surface area contributed by atoms with Crippen LogP contribution in [0.1, 0.15) is 37.8 Å². The monoisotopic (exact) mass is 284 g/mol. The maximum absolute atomic E-state index is 12.1. The summed E-state index contributed by atoms with van der Waals surface area (Å²) in [5.41, 5.74) is 8.16. The number of sulfonamides is 1. The molecule has 19 heavy (non-hydrogen) atoms. The molecule has 0 aliphatic heterocycles. The van der Waals surface area contributed by atoms with E-state index in [1.54, 1.807) is 6.07 Å². The van der Waals surface area contributed by atoms with Gasteiger partial charge in [-0.15, -0.1) is 0 Å². The molecule has 3 N–H and O–H groups in total. The third kappa shape index (κ3) is 4.51. The van der Waals surface area contributed by atoms with Crippen molar-refractivity contribution in [3.8, 4) is 0 Å². The first-order chi connectivity index (χ1) is 8.74. The minimum atomic E-state index is -3.45. The molecule has 0 heterocycles. The fraction of sp³-hybridized carbons (Fsp3) is 0.571. The average Bonchev–Trinajstić information content (AvgIpc) is 2.31. The molecule has 0 atom stereocenters. The fourth-order valence-electron chi connectivity index (χ4n) is 1.81. The standard InChI is InChI=1S/C14H24N2O2S/c1-10(2)6-5-7-16-19(17,18)13-8-11(3)12(4)14(15)9-13/h8-10,16H,5-7,15H2,1-4H3. The molecule has 4 nitrogen and oxygen atoms in total. The second-order valence-corrected chi connectivity index (χ2v) is 7.16. The lowest BCUT2D eigenvalue weighted by atomic mass is 10.1. The molecule has 0 bridgehead atoms. The van der Waals surface area contributed by atoms with Gasteiger partial charge in [0.05, 0.1) is 4.90 Å². The summed E-state index contributed by atoms with van der Waals surface area (Å²) in [7, 11) is -3.45. The second kappa shape index (κ2) is 6.39. The fourth-order valence-corrected chi connectivity index (χ4v) is 3.00. The minimum absolute atomic E-state index is 0.248. The molecule has 108 valence electrons. The molecular formula is C14H24N2O2S. The van der Waals surface area contributed by atoms with Gasteiger partial charge in [0.1, 0.15) is 0 Å². The van der Waals surface area contributed by atoms with Gasteiger partial charge >= 0.3 is 0 Å². The lowest BCUT2D eigenvalue weighted by molar-refractivity contribution is 0.540. The zero-order valence-electron chi connectivity index (χ0n) is 12.2. The molecule has 0 aliphatic carbocycles. The lowest BCUT2D eigenvalue weighted by Crippen LogP contribution is -2.25. The molecule has 0 fully saturated rings. The number of anilines is 1. The van der Waals surface area contributed by atoms with Crippen LogP contribution >= 0.6 is 0 Å². The van der Waals surface area contributed by atoms with E-state index in [2.05, 4.69) is 18.6 Å². The summed E-state index contributed by atoms with van der Waals surface area (Å²) in [6.07, 6.45) is 1.86. The van der Waals surface area contributed by atoms with Crippen LogP contribution in [0, 0.1) is 19.8 Å². The van der Waals surface area contributed by atoms with E-state index in [9.17, 15) is 8.42 Å². The Kier molecular flexibility index (Phi) is 5.38. The zero-order chi connectivity index (χ0) is 14.6. The molecule has 5 heteroatoms. The van der Waals surface area contributed by atoms with Crippen molar-refractivity contribution in [1.29, 1.82) is 0 Å². The highest BCUT2D eigenvalue weighted by Crippen LogP contribution is 2.21. The van der Waals surface area contributed by atoms with Crippen LogP contribution < -0.4 is 10.5 Å². The van der Waals surface area contributed by atoms with Crippen molar-refractivity contribution in [3.05, 3.63) is 23.3 Å². The highest BCUT2D eigenvalue weighted by atomic mass is 32.2. The largest absolute Gasteiger partial charge is 0.398 e. The van der Waals surface area contributed by atoms with Crippen LogP contribution in [0.5, 0.6) is 0 Å². The van der Waals surface area contributed by atoms with E-state index in [0.29, 0.717) is 18.2 Å². The predicted octanol–water partition coefficient (Wildman–Crippen LogP) is 2.60. The molecule has 0 amide bonds.